The van der Waals surface area contributed by atoms with Gasteiger partial charge in [0.1, 0.15) is 28.2 Å². The first kappa shape index (κ1) is 53.4. The highest BCUT2D eigenvalue weighted by Crippen LogP contribution is 2.46. The molecule has 73 heavy (non-hydrogen) atoms. The molecule has 0 bridgehead atoms. The van der Waals surface area contributed by atoms with Gasteiger partial charge in [-0.05, 0) is 60.9 Å². The average Bonchev–Trinajstić information content (AvgIpc) is 3.99. The molecule has 2 fully saturated rings. The molecule has 0 aliphatic carbocycles. The number of hydrogen-bond acceptors (Lipinski definition) is 12. The zero-order valence-electron chi connectivity index (χ0n) is 42.8. The van der Waals surface area contributed by atoms with Crippen LogP contribution in [-0.4, -0.2) is 124 Å². The van der Waals surface area contributed by atoms with Crippen LogP contribution in [0.1, 0.15) is 125 Å². The first-order chi connectivity index (χ1) is 34.8. The smallest absolute Gasteiger partial charge is 0.341 e. The number of methoxy groups -OCH3 is 1. The number of carboxylic acid groups (broad SMARTS) is 1. The summed E-state index contributed by atoms with van der Waals surface area (Å²) in [5, 5.41) is 12.1. The molecule has 0 radical (unpaired) electrons. The molecule has 1 unspecified atom stereocenters. The van der Waals surface area contributed by atoms with Gasteiger partial charge in [0.15, 0.2) is 16.9 Å². The molecular formula is C55H66ClFN6O9S. The monoisotopic (exact) mass is 1040 g/mol. The minimum absolute atomic E-state index is 0.0730. The van der Waals surface area contributed by atoms with Crippen molar-refractivity contribution in [1.82, 2.24) is 24.3 Å². The number of carbonyl (C=O) groups is 4. The Morgan fingerprint density at radius 2 is 1.75 bits per heavy atom. The van der Waals surface area contributed by atoms with Gasteiger partial charge in [-0.25, -0.2) is 23.8 Å². The maximum atomic E-state index is 14.9. The third-order valence-corrected chi connectivity index (χ3v) is 15.8. The Morgan fingerprint density at radius 1 is 0.986 bits per heavy atom. The highest BCUT2D eigenvalue weighted by molar-refractivity contribution is 7.11. The van der Waals surface area contributed by atoms with Gasteiger partial charge in [-0.3, -0.25) is 19.5 Å². The van der Waals surface area contributed by atoms with Crippen LogP contribution in [0, 0.1) is 16.6 Å². The van der Waals surface area contributed by atoms with Crippen LogP contribution in [0.5, 0.6) is 11.5 Å². The first-order valence-corrected chi connectivity index (χ1v) is 26.5. The van der Waals surface area contributed by atoms with Gasteiger partial charge >= 0.3 is 18.0 Å². The molecule has 4 aliphatic heterocycles. The summed E-state index contributed by atoms with van der Waals surface area (Å²) in [5.74, 6) is -1.11. The lowest BCUT2D eigenvalue weighted by atomic mass is 9.78. The summed E-state index contributed by atoms with van der Waals surface area (Å²) in [6, 6.07) is 8.59. The standard InChI is InChI=1S/C55H66ClFN6O9S/c1-8-71-52(68)47-34(23-40(50-58-18-22-73-50)59-49(47)36-15-14-16-39(57)48(36)56)28-60-19-20-62-35(29-60)30-61(53(62)69)32-55(5,6)46(65)17-12-10-9-11-13-21-72-44-24-33-25-45(54(2,3)4)63-31-38(51(66)67)42(64)27-41(63)37(33)26-43(44)70-7/h14-16,18,22,24,26-27,31,35,45,49H,8-13,17,19-21,23,25,28-30,32H2,1-7H3,(H,66,67)/t35-,45?,49-/m0/s1. The number of aromatic carboxylic acids is 1. The molecule has 0 spiro atoms. The van der Waals surface area contributed by atoms with Gasteiger partial charge < -0.3 is 33.7 Å². The fraction of sp³-hybridized carbons (Fsp3) is 0.509. The van der Waals surface area contributed by atoms with E-state index in [-0.39, 0.29) is 46.5 Å². The fourth-order valence-corrected chi connectivity index (χ4v) is 11.6. The van der Waals surface area contributed by atoms with Crippen LogP contribution in [0.2, 0.25) is 5.02 Å². The van der Waals surface area contributed by atoms with E-state index in [0.29, 0.717) is 104 Å². The van der Waals surface area contributed by atoms with E-state index in [0.717, 1.165) is 48.8 Å². The van der Waals surface area contributed by atoms with Crippen molar-refractivity contribution in [3.8, 4) is 22.8 Å². The summed E-state index contributed by atoms with van der Waals surface area (Å²) in [4.78, 5) is 81.4. The van der Waals surface area contributed by atoms with E-state index >= 15 is 0 Å². The normalized spacial score (nSPS) is 19.1. The molecule has 4 aliphatic rings. The van der Waals surface area contributed by atoms with Crippen molar-refractivity contribution in [3.05, 3.63) is 108 Å². The van der Waals surface area contributed by atoms with Crippen LogP contribution in [0.4, 0.5) is 9.18 Å². The number of ether oxygens (including phenoxy) is 3. The van der Waals surface area contributed by atoms with Crippen molar-refractivity contribution in [2.45, 2.75) is 111 Å². The summed E-state index contributed by atoms with van der Waals surface area (Å²) >= 11 is 7.97. The summed E-state index contributed by atoms with van der Waals surface area (Å²) < 4.78 is 34.4. The number of dihydropyridines is 1. The zero-order chi connectivity index (χ0) is 52.4. The summed E-state index contributed by atoms with van der Waals surface area (Å²) in [7, 11) is 1.57. The van der Waals surface area contributed by atoms with E-state index < -0.39 is 34.6 Å². The molecule has 4 aromatic rings. The highest BCUT2D eigenvalue weighted by atomic mass is 35.5. The summed E-state index contributed by atoms with van der Waals surface area (Å²) in [6.45, 7) is 15.3. The number of aliphatic imine (C=N–C) groups is 1. The predicted molar refractivity (Wildman–Crippen MR) is 279 cm³/mol. The highest BCUT2D eigenvalue weighted by Gasteiger charge is 2.44. The quantitative estimate of drug-likeness (QED) is 0.0660. The van der Waals surface area contributed by atoms with Crippen LogP contribution in [0.3, 0.4) is 0 Å². The Kier molecular flexibility index (Phi) is 16.3. The largest absolute Gasteiger partial charge is 0.493 e. The molecule has 18 heteroatoms. The van der Waals surface area contributed by atoms with Crippen molar-refractivity contribution in [1.29, 1.82) is 0 Å². The number of esters is 1. The summed E-state index contributed by atoms with van der Waals surface area (Å²) in [5.41, 5.74) is 2.87. The third kappa shape index (κ3) is 11.6. The SMILES string of the molecule is CCOC(=O)C1=C(CN2CCN3C(=O)N(CC(C)(C)C(=O)CCCCCCCOc4cc5c(cc4OC)-c4cc(=O)c(C(=O)O)cn4C(C(C)(C)C)C5)C[C@@H]3C2)CC(c2nccs2)=N[C@H]1c1cccc(F)c1Cl. The molecule has 390 valence electrons. The van der Waals surface area contributed by atoms with Crippen LogP contribution in [-0.2, 0) is 20.7 Å². The molecule has 2 saturated heterocycles. The molecule has 2 aromatic carbocycles. The van der Waals surface area contributed by atoms with Gasteiger partial charge in [0.2, 0.25) is 0 Å². The maximum Gasteiger partial charge on any atom is 0.341 e. The van der Waals surface area contributed by atoms with Crippen molar-refractivity contribution in [2.24, 2.45) is 15.8 Å². The number of urea groups is 1. The number of halogens is 2. The van der Waals surface area contributed by atoms with E-state index in [1.807, 2.05) is 45.7 Å². The molecule has 2 aromatic heterocycles. The van der Waals surface area contributed by atoms with E-state index in [9.17, 15) is 33.5 Å². The second-order valence-electron chi connectivity index (χ2n) is 21.2. The first-order valence-electron chi connectivity index (χ1n) is 25.2. The number of piperazine rings is 1. The van der Waals surface area contributed by atoms with Gasteiger partial charge in [0.25, 0.3) is 0 Å². The number of thiazole rings is 1. The van der Waals surface area contributed by atoms with Crippen molar-refractivity contribution in [2.75, 3.05) is 59.6 Å². The van der Waals surface area contributed by atoms with Crippen molar-refractivity contribution in [3.63, 3.8) is 0 Å². The lowest BCUT2D eigenvalue weighted by Crippen LogP contribution is -2.52. The van der Waals surface area contributed by atoms with Gasteiger partial charge in [-0.15, -0.1) is 11.3 Å². The van der Waals surface area contributed by atoms with Crippen LogP contribution >= 0.6 is 22.9 Å². The Labute approximate surface area is 435 Å². The van der Waals surface area contributed by atoms with Crippen LogP contribution < -0.4 is 14.9 Å². The molecule has 0 saturated carbocycles. The molecule has 3 atom stereocenters. The number of amides is 2. The third-order valence-electron chi connectivity index (χ3n) is 14.6. The van der Waals surface area contributed by atoms with Gasteiger partial charge in [0, 0.05) is 98.5 Å². The number of nitrogens with zero attached hydrogens (tertiary/aromatic N) is 6. The Bertz CT molecular complexity index is 2880. The Morgan fingerprint density at radius 3 is 2.47 bits per heavy atom. The van der Waals surface area contributed by atoms with Gasteiger partial charge in [-0.2, -0.15) is 0 Å². The minimum atomic E-state index is -1.25. The number of hydrogen-bond donors (Lipinski definition) is 1. The van der Waals surface area contributed by atoms with Gasteiger partial charge in [-0.1, -0.05) is 77.6 Å². The number of fused-ring (bicyclic) bond motifs is 4. The van der Waals surface area contributed by atoms with E-state index in [1.54, 1.807) is 32.4 Å². The zero-order valence-corrected chi connectivity index (χ0v) is 44.4. The molecule has 1 N–H and O–H groups in total. The van der Waals surface area contributed by atoms with E-state index in [2.05, 4.69) is 30.7 Å². The van der Waals surface area contributed by atoms with Crippen LogP contribution in [0.25, 0.3) is 11.3 Å². The topological polar surface area (TPSA) is 173 Å². The minimum Gasteiger partial charge on any atom is -0.493 e. The van der Waals surface area contributed by atoms with Crippen molar-refractivity contribution < 1.29 is 42.9 Å². The molecule has 6 heterocycles. The summed E-state index contributed by atoms with van der Waals surface area (Å²) in [6.07, 6.45) is 8.85. The number of carboxylic acids is 1. The fourth-order valence-electron chi connectivity index (χ4n) is 10.7. The second-order valence-corrected chi connectivity index (χ2v) is 22.5. The number of carbonyl (C=O) groups excluding carboxylic acids is 3. The number of unbranched alkanes of at least 4 members (excludes halogenated alkanes) is 4. The number of pyridine rings is 1. The Hall–Kier alpha value is -5.91. The number of rotatable bonds is 20. The average molecular weight is 1040 g/mol. The second kappa shape index (κ2) is 22.3. The van der Waals surface area contributed by atoms with Gasteiger partial charge in [0.05, 0.1) is 48.4 Å². The van der Waals surface area contributed by atoms with E-state index in [4.69, 9.17) is 30.8 Å². The predicted octanol–water partition coefficient (Wildman–Crippen LogP) is 9.84. The molecule has 2 amide bonds. The number of Topliss-reactive ketones (excluding diaryl/α,β-unsaturated/α-hetero) is 1. The number of ketones is 1. The van der Waals surface area contributed by atoms with E-state index in [1.165, 1.54) is 29.7 Å². The number of aromatic nitrogens is 2. The lowest BCUT2D eigenvalue weighted by Gasteiger charge is -2.39. The van der Waals surface area contributed by atoms with Crippen LogP contribution in [0.15, 0.2) is 75.1 Å². The van der Waals surface area contributed by atoms with Crippen molar-refractivity contribution >= 4 is 52.4 Å². The maximum absolute atomic E-state index is 14.9. The molecule has 8 rings (SSSR count). The molecule has 15 nitrogen and oxygen atoms in total. The number of benzene rings is 2. The lowest BCUT2D eigenvalue weighted by molar-refractivity contribution is -0.139. The Balaban J connectivity index is 0.821. The molecular weight excluding hydrogens is 975 g/mol.